The van der Waals surface area contributed by atoms with Gasteiger partial charge in [-0.3, -0.25) is 9.59 Å². The van der Waals surface area contributed by atoms with Gasteiger partial charge in [0.05, 0.1) is 0 Å². The van der Waals surface area contributed by atoms with Gasteiger partial charge < -0.3 is 15.6 Å². The second-order valence-corrected chi connectivity index (χ2v) is 7.93. The highest BCUT2D eigenvalue weighted by Crippen LogP contribution is 2.42. The number of aromatic nitrogens is 1. The standard InChI is InChI=1S/C20H18FN.C5H8N2O2/c21-17-11-9-15(10-12-17)19-13-18(14-7-4-8-14)20(22-19)16-5-2-1-3-6-16;8-3-7-4-1-2-6-5(4)9/h1-3,5-6,9-14,22H,4,7-8H2;3-4H,1-2H2,(H,6,9)(H,7,8). The second-order valence-electron chi connectivity index (χ2n) is 7.93. The minimum absolute atomic E-state index is 0.0814. The molecule has 0 radical (unpaired) electrons. The SMILES string of the molecule is Fc1ccc(-c2cc(C3CCC3)c(-c3ccccc3)[nH]2)cc1.O=CNC1CCNC1=O. The molecule has 5 rings (SSSR count). The van der Waals surface area contributed by atoms with Crippen LogP contribution in [0.25, 0.3) is 22.5 Å². The van der Waals surface area contributed by atoms with Crippen LogP contribution in [0.5, 0.6) is 0 Å². The van der Waals surface area contributed by atoms with Crippen molar-refractivity contribution in [1.82, 2.24) is 15.6 Å². The topological polar surface area (TPSA) is 74.0 Å². The number of nitrogens with one attached hydrogen (secondary N) is 3. The first-order valence-electron chi connectivity index (χ1n) is 10.7. The zero-order valence-corrected chi connectivity index (χ0v) is 17.2. The van der Waals surface area contributed by atoms with Crippen molar-refractivity contribution in [2.45, 2.75) is 37.6 Å². The lowest BCUT2D eigenvalue weighted by Gasteiger charge is -2.25. The van der Waals surface area contributed by atoms with Gasteiger partial charge in [-0.05, 0) is 72.2 Å². The van der Waals surface area contributed by atoms with E-state index in [0.29, 0.717) is 25.3 Å². The van der Waals surface area contributed by atoms with Gasteiger partial charge in [0.1, 0.15) is 11.9 Å². The largest absolute Gasteiger partial charge is 0.354 e. The summed E-state index contributed by atoms with van der Waals surface area (Å²) in [5.41, 5.74) is 5.93. The zero-order chi connectivity index (χ0) is 21.6. The molecule has 1 aliphatic heterocycles. The number of carbonyl (C=O) groups is 2. The van der Waals surface area contributed by atoms with Gasteiger partial charge >= 0.3 is 0 Å². The van der Waals surface area contributed by atoms with Gasteiger partial charge in [0.15, 0.2) is 0 Å². The molecule has 2 amide bonds. The van der Waals surface area contributed by atoms with Crippen LogP contribution in [-0.2, 0) is 9.59 Å². The Morgan fingerprint density at radius 3 is 2.29 bits per heavy atom. The number of hydrogen-bond acceptors (Lipinski definition) is 2. The van der Waals surface area contributed by atoms with Crippen molar-refractivity contribution >= 4 is 12.3 Å². The van der Waals surface area contributed by atoms with E-state index in [4.69, 9.17) is 0 Å². The van der Waals surface area contributed by atoms with Gasteiger partial charge in [-0.25, -0.2) is 4.39 Å². The second kappa shape index (κ2) is 9.60. The Labute approximate surface area is 181 Å². The summed E-state index contributed by atoms with van der Waals surface area (Å²) in [6.07, 6.45) is 5.10. The average Bonchev–Trinajstić information content (AvgIpc) is 3.36. The summed E-state index contributed by atoms with van der Waals surface area (Å²) in [6.45, 7) is 0.671. The summed E-state index contributed by atoms with van der Waals surface area (Å²) in [5.74, 6) is 0.376. The molecule has 160 valence electrons. The van der Waals surface area contributed by atoms with E-state index in [0.717, 1.165) is 11.3 Å². The maximum absolute atomic E-state index is 13.1. The van der Waals surface area contributed by atoms with E-state index >= 15 is 0 Å². The van der Waals surface area contributed by atoms with Crippen LogP contribution in [0.3, 0.4) is 0 Å². The summed E-state index contributed by atoms with van der Waals surface area (Å²) >= 11 is 0. The molecule has 1 unspecified atom stereocenters. The van der Waals surface area contributed by atoms with Gasteiger partial charge in [-0.15, -0.1) is 0 Å². The first kappa shape index (κ1) is 20.8. The lowest BCUT2D eigenvalue weighted by Crippen LogP contribution is -2.35. The fraction of sp³-hybridized carbons (Fsp3) is 0.280. The third kappa shape index (κ3) is 4.85. The van der Waals surface area contributed by atoms with E-state index in [1.54, 1.807) is 0 Å². The summed E-state index contributed by atoms with van der Waals surface area (Å²) in [4.78, 5) is 24.0. The molecule has 1 saturated heterocycles. The molecule has 6 heteroatoms. The molecule has 5 nitrogen and oxygen atoms in total. The Morgan fingerprint density at radius 1 is 0.968 bits per heavy atom. The minimum atomic E-state index is -0.289. The highest BCUT2D eigenvalue weighted by Gasteiger charge is 2.25. The number of halogens is 1. The molecule has 1 atom stereocenters. The Morgan fingerprint density at radius 2 is 1.71 bits per heavy atom. The first-order chi connectivity index (χ1) is 15.2. The quantitative estimate of drug-likeness (QED) is 0.537. The molecule has 2 heterocycles. The van der Waals surface area contributed by atoms with Crippen molar-refractivity contribution in [1.29, 1.82) is 0 Å². The molecule has 2 aromatic carbocycles. The maximum atomic E-state index is 13.1. The van der Waals surface area contributed by atoms with E-state index in [1.165, 1.54) is 48.2 Å². The summed E-state index contributed by atoms with van der Waals surface area (Å²) in [7, 11) is 0. The van der Waals surface area contributed by atoms with E-state index in [2.05, 4.69) is 45.9 Å². The van der Waals surface area contributed by atoms with Crippen molar-refractivity contribution in [3.8, 4) is 22.5 Å². The van der Waals surface area contributed by atoms with Crippen LogP contribution >= 0.6 is 0 Å². The fourth-order valence-electron chi connectivity index (χ4n) is 3.98. The summed E-state index contributed by atoms with van der Waals surface area (Å²) in [6, 6.07) is 19.1. The number of hydrogen-bond donors (Lipinski definition) is 3. The Hall–Kier alpha value is -3.41. The van der Waals surface area contributed by atoms with Gasteiger partial charge in [0.2, 0.25) is 12.3 Å². The van der Waals surface area contributed by atoms with Crippen LogP contribution in [0.15, 0.2) is 60.7 Å². The van der Waals surface area contributed by atoms with Crippen LogP contribution < -0.4 is 10.6 Å². The molecule has 3 N–H and O–H groups in total. The number of aromatic amines is 1. The third-order valence-corrected chi connectivity index (χ3v) is 5.93. The number of rotatable bonds is 5. The summed E-state index contributed by atoms with van der Waals surface area (Å²) in [5, 5.41) is 5.00. The maximum Gasteiger partial charge on any atom is 0.242 e. The highest BCUT2D eigenvalue weighted by atomic mass is 19.1. The molecule has 2 fully saturated rings. The van der Waals surface area contributed by atoms with Gasteiger partial charge in [0.25, 0.3) is 0 Å². The van der Waals surface area contributed by atoms with Crippen LogP contribution in [0.2, 0.25) is 0 Å². The monoisotopic (exact) mass is 419 g/mol. The van der Waals surface area contributed by atoms with E-state index in [9.17, 15) is 14.0 Å². The van der Waals surface area contributed by atoms with Crippen LogP contribution in [0.1, 0.15) is 37.2 Å². The first-order valence-corrected chi connectivity index (χ1v) is 10.7. The summed E-state index contributed by atoms with van der Waals surface area (Å²) < 4.78 is 13.1. The van der Waals surface area contributed by atoms with Crippen LogP contribution in [-0.4, -0.2) is 29.9 Å². The van der Waals surface area contributed by atoms with Crippen molar-refractivity contribution in [3.05, 3.63) is 72.0 Å². The molecule has 3 aromatic rings. The highest BCUT2D eigenvalue weighted by molar-refractivity contribution is 5.85. The van der Waals surface area contributed by atoms with E-state index < -0.39 is 0 Å². The smallest absolute Gasteiger partial charge is 0.242 e. The predicted molar refractivity (Wildman–Crippen MR) is 119 cm³/mol. The number of amides is 2. The predicted octanol–water partition coefficient (Wildman–Crippen LogP) is 4.38. The molecule has 31 heavy (non-hydrogen) atoms. The van der Waals surface area contributed by atoms with Crippen LogP contribution in [0.4, 0.5) is 4.39 Å². The molecule has 0 spiro atoms. The molecular formula is C25H26FN3O2. The Kier molecular flexibility index (Phi) is 6.46. The van der Waals surface area contributed by atoms with Crippen molar-refractivity contribution in [2.75, 3.05) is 6.54 Å². The van der Waals surface area contributed by atoms with E-state index in [-0.39, 0.29) is 17.8 Å². The fourth-order valence-corrected chi connectivity index (χ4v) is 3.98. The lowest BCUT2D eigenvalue weighted by molar-refractivity contribution is -0.123. The number of carbonyl (C=O) groups excluding carboxylic acids is 2. The third-order valence-electron chi connectivity index (χ3n) is 5.93. The molecule has 0 bridgehead atoms. The Bertz CT molecular complexity index is 1030. The van der Waals surface area contributed by atoms with E-state index in [1.807, 2.05) is 18.2 Å². The van der Waals surface area contributed by atoms with Gasteiger partial charge in [-0.2, -0.15) is 0 Å². The normalized spacial score (nSPS) is 17.8. The molecule has 1 aliphatic carbocycles. The van der Waals surface area contributed by atoms with Crippen molar-refractivity contribution in [3.63, 3.8) is 0 Å². The van der Waals surface area contributed by atoms with Crippen molar-refractivity contribution < 1.29 is 14.0 Å². The lowest BCUT2D eigenvalue weighted by atomic mass is 9.79. The Balaban J connectivity index is 0.000000217. The number of benzene rings is 2. The number of H-pyrrole nitrogens is 1. The molecule has 2 aliphatic rings. The average molecular weight is 420 g/mol. The van der Waals surface area contributed by atoms with Crippen LogP contribution in [0, 0.1) is 5.82 Å². The zero-order valence-electron chi connectivity index (χ0n) is 17.2. The minimum Gasteiger partial charge on any atom is -0.354 e. The molecule has 1 aromatic heterocycles. The van der Waals surface area contributed by atoms with Gasteiger partial charge in [-0.1, -0.05) is 36.8 Å². The molecular weight excluding hydrogens is 393 g/mol. The van der Waals surface area contributed by atoms with Crippen molar-refractivity contribution in [2.24, 2.45) is 0 Å². The van der Waals surface area contributed by atoms with Gasteiger partial charge in [0, 0.05) is 17.9 Å². The molecule has 1 saturated carbocycles.